The molecule has 0 aromatic carbocycles. The molecule has 0 bridgehead atoms. The standard InChI is InChI=1S/C10H18O3/c1-6(2)8-9(12)7(11)3-4-10(8)5-13-10/h6-9,11-12H,3-5H2,1-2H3. The Hall–Kier alpha value is -0.120. The predicted octanol–water partition coefficient (Wildman–Crippen LogP) is 0.543. The molecule has 0 radical (unpaired) electrons. The van der Waals surface area contributed by atoms with Crippen molar-refractivity contribution >= 4 is 0 Å². The molecular formula is C10H18O3. The fourth-order valence-corrected chi connectivity index (χ4v) is 2.71. The third kappa shape index (κ3) is 1.39. The number of ether oxygens (including phenoxy) is 1. The van der Waals surface area contributed by atoms with E-state index in [0.29, 0.717) is 12.3 Å². The Balaban J connectivity index is 2.16. The summed E-state index contributed by atoms with van der Waals surface area (Å²) in [5.41, 5.74) is -0.0905. The van der Waals surface area contributed by atoms with Crippen LogP contribution in [0.2, 0.25) is 0 Å². The number of aliphatic hydroxyl groups is 2. The molecule has 1 heterocycles. The van der Waals surface area contributed by atoms with Gasteiger partial charge in [0.2, 0.25) is 0 Å². The molecule has 4 unspecified atom stereocenters. The van der Waals surface area contributed by atoms with E-state index in [9.17, 15) is 10.2 Å². The van der Waals surface area contributed by atoms with Gasteiger partial charge >= 0.3 is 0 Å². The van der Waals surface area contributed by atoms with Gasteiger partial charge in [0.1, 0.15) is 0 Å². The molecule has 3 heteroatoms. The highest BCUT2D eigenvalue weighted by Crippen LogP contribution is 2.49. The summed E-state index contributed by atoms with van der Waals surface area (Å²) in [5.74, 6) is 0.476. The van der Waals surface area contributed by atoms with Crippen LogP contribution in [0.15, 0.2) is 0 Å². The lowest BCUT2D eigenvalue weighted by molar-refractivity contribution is -0.0899. The van der Waals surface area contributed by atoms with Gasteiger partial charge in [-0.15, -0.1) is 0 Å². The van der Waals surface area contributed by atoms with E-state index in [1.165, 1.54) is 0 Å². The monoisotopic (exact) mass is 186 g/mol. The molecule has 0 amide bonds. The van der Waals surface area contributed by atoms with Gasteiger partial charge < -0.3 is 14.9 Å². The van der Waals surface area contributed by atoms with Crippen LogP contribution in [0.25, 0.3) is 0 Å². The molecule has 2 aliphatic rings. The lowest BCUT2D eigenvalue weighted by atomic mass is 9.70. The normalized spacial score (nSPS) is 50.1. The third-order valence-electron chi connectivity index (χ3n) is 3.47. The molecule has 1 aliphatic heterocycles. The smallest absolute Gasteiger partial charge is 0.0973 e. The summed E-state index contributed by atoms with van der Waals surface area (Å²) in [4.78, 5) is 0. The van der Waals surface area contributed by atoms with Crippen molar-refractivity contribution in [3.63, 3.8) is 0 Å². The van der Waals surface area contributed by atoms with Crippen molar-refractivity contribution in [3.05, 3.63) is 0 Å². The molecular weight excluding hydrogens is 168 g/mol. The van der Waals surface area contributed by atoms with Gasteiger partial charge in [-0.3, -0.25) is 0 Å². The molecule has 1 aliphatic carbocycles. The zero-order chi connectivity index (χ0) is 9.64. The summed E-state index contributed by atoms with van der Waals surface area (Å²) in [7, 11) is 0. The summed E-state index contributed by atoms with van der Waals surface area (Å²) in [5, 5.41) is 19.4. The zero-order valence-corrected chi connectivity index (χ0v) is 8.23. The van der Waals surface area contributed by atoms with Gasteiger partial charge in [-0.25, -0.2) is 0 Å². The van der Waals surface area contributed by atoms with Crippen molar-refractivity contribution in [1.29, 1.82) is 0 Å². The van der Waals surface area contributed by atoms with Gasteiger partial charge in [-0.05, 0) is 18.8 Å². The minimum Gasteiger partial charge on any atom is -0.390 e. The largest absolute Gasteiger partial charge is 0.390 e. The summed E-state index contributed by atoms with van der Waals surface area (Å²) in [6, 6.07) is 0. The molecule has 1 saturated heterocycles. The number of rotatable bonds is 1. The van der Waals surface area contributed by atoms with E-state index in [2.05, 4.69) is 13.8 Å². The number of hydrogen-bond acceptors (Lipinski definition) is 3. The molecule has 0 aromatic heterocycles. The van der Waals surface area contributed by atoms with Gasteiger partial charge in [-0.1, -0.05) is 13.8 Å². The Morgan fingerprint density at radius 3 is 2.46 bits per heavy atom. The van der Waals surface area contributed by atoms with Crippen LogP contribution >= 0.6 is 0 Å². The SMILES string of the molecule is CC(C)C1C(O)C(O)CCC12CO2. The van der Waals surface area contributed by atoms with E-state index in [1.54, 1.807) is 0 Å². The van der Waals surface area contributed by atoms with Gasteiger partial charge in [0.05, 0.1) is 24.4 Å². The van der Waals surface area contributed by atoms with E-state index in [4.69, 9.17) is 4.74 Å². The predicted molar refractivity (Wildman–Crippen MR) is 48.3 cm³/mol. The molecule has 1 saturated carbocycles. The highest BCUT2D eigenvalue weighted by molar-refractivity contribution is 5.06. The van der Waals surface area contributed by atoms with Crippen LogP contribution in [0.3, 0.4) is 0 Å². The van der Waals surface area contributed by atoms with Crippen molar-refractivity contribution in [1.82, 2.24) is 0 Å². The van der Waals surface area contributed by atoms with Gasteiger partial charge in [0.15, 0.2) is 0 Å². The molecule has 0 aromatic rings. The van der Waals surface area contributed by atoms with E-state index < -0.39 is 12.2 Å². The second kappa shape index (κ2) is 2.94. The molecule has 76 valence electrons. The lowest BCUT2D eigenvalue weighted by Crippen LogP contribution is -2.49. The van der Waals surface area contributed by atoms with E-state index in [0.717, 1.165) is 13.0 Å². The fraction of sp³-hybridized carbons (Fsp3) is 1.00. The van der Waals surface area contributed by atoms with Gasteiger partial charge in [-0.2, -0.15) is 0 Å². The topological polar surface area (TPSA) is 53.0 Å². The zero-order valence-electron chi connectivity index (χ0n) is 8.23. The molecule has 4 atom stereocenters. The Labute approximate surface area is 78.7 Å². The van der Waals surface area contributed by atoms with Crippen LogP contribution in [0.5, 0.6) is 0 Å². The lowest BCUT2D eigenvalue weighted by Gasteiger charge is -2.39. The Morgan fingerprint density at radius 2 is 2.00 bits per heavy atom. The minimum atomic E-state index is -0.601. The maximum absolute atomic E-state index is 9.85. The Bertz CT molecular complexity index is 198. The maximum Gasteiger partial charge on any atom is 0.0973 e. The van der Waals surface area contributed by atoms with Crippen LogP contribution in [-0.4, -0.2) is 34.6 Å². The summed E-state index contributed by atoms with van der Waals surface area (Å²) >= 11 is 0. The van der Waals surface area contributed by atoms with Crippen molar-refractivity contribution in [3.8, 4) is 0 Å². The molecule has 2 N–H and O–H groups in total. The first-order valence-corrected chi connectivity index (χ1v) is 5.07. The molecule has 1 spiro atoms. The van der Waals surface area contributed by atoms with Crippen LogP contribution in [0.1, 0.15) is 26.7 Å². The van der Waals surface area contributed by atoms with Crippen molar-refractivity contribution in [2.24, 2.45) is 11.8 Å². The van der Waals surface area contributed by atoms with E-state index >= 15 is 0 Å². The number of epoxide rings is 1. The molecule has 2 rings (SSSR count). The molecule has 2 fully saturated rings. The van der Waals surface area contributed by atoms with E-state index in [1.807, 2.05) is 0 Å². The third-order valence-corrected chi connectivity index (χ3v) is 3.47. The second-order valence-corrected chi connectivity index (χ2v) is 4.72. The number of aliphatic hydroxyl groups excluding tert-OH is 2. The second-order valence-electron chi connectivity index (χ2n) is 4.72. The quantitative estimate of drug-likeness (QED) is 0.588. The van der Waals surface area contributed by atoms with Crippen molar-refractivity contribution in [2.45, 2.75) is 44.5 Å². The highest BCUT2D eigenvalue weighted by Gasteiger charge is 2.58. The minimum absolute atomic E-state index is 0.0905. The summed E-state index contributed by atoms with van der Waals surface area (Å²) < 4.78 is 5.46. The maximum atomic E-state index is 9.85. The van der Waals surface area contributed by atoms with Crippen LogP contribution < -0.4 is 0 Å². The van der Waals surface area contributed by atoms with E-state index in [-0.39, 0.29) is 11.5 Å². The van der Waals surface area contributed by atoms with Crippen molar-refractivity contribution in [2.75, 3.05) is 6.61 Å². The first-order valence-electron chi connectivity index (χ1n) is 5.07. The van der Waals surface area contributed by atoms with Crippen LogP contribution in [-0.2, 0) is 4.74 Å². The van der Waals surface area contributed by atoms with Crippen molar-refractivity contribution < 1.29 is 14.9 Å². The summed E-state index contributed by atoms with van der Waals surface area (Å²) in [6.45, 7) is 4.92. The Morgan fingerprint density at radius 1 is 1.38 bits per heavy atom. The van der Waals surface area contributed by atoms with Gasteiger partial charge in [0, 0.05) is 5.92 Å². The summed E-state index contributed by atoms with van der Waals surface area (Å²) in [6.07, 6.45) is 0.414. The van der Waals surface area contributed by atoms with Crippen LogP contribution in [0, 0.1) is 11.8 Å². The average Bonchev–Trinajstić information content (AvgIpc) is 2.79. The van der Waals surface area contributed by atoms with Gasteiger partial charge in [0.25, 0.3) is 0 Å². The molecule has 3 nitrogen and oxygen atoms in total. The number of hydrogen-bond donors (Lipinski definition) is 2. The Kier molecular flexibility index (Phi) is 2.13. The first-order chi connectivity index (χ1) is 6.07. The fourth-order valence-electron chi connectivity index (χ4n) is 2.71. The highest BCUT2D eigenvalue weighted by atomic mass is 16.6. The first kappa shape index (κ1) is 9.44. The van der Waals surface area contributed by atoms with Crippen LogP contribution in [0.4, 0.5) is 0 Å². The molecule has 13 heavy (non-hydrogen) atoms. The average molecular weight is 186 g/mol.